The summed E-state index contributed by atoms with van der Waals surface area (Å²) in [6, 6.07) is 13.0. The number of rotatable bonds is 10. The molecule has 1 heterocycles. The van der Waals surface area contributed by atoms with Gasteiger partial charge in [0.2, 0.25) is 10.0 Å². The van der Waals surface area contributed by atoms with E-state index in [1.807, 2.05) is 6.07 Å². The Labute approximate surface area is 218 Å². The van der Waals surface area contributed by atoms with Crippen LogP contribution in [-0.2, 0) is 16.6 Å². The normalized spacial score (nSPS) is 11.7. The Morgan fingerprint density at radius 2 is 1.63 bits per heavy atom. The molecule has 0 aliphatic heterocycles. The van der Waals surface area contributed by atoms with Crippen molar-refractivity contribution < 1.29 is 23.4 Å². The van der Waals surface area contributed by atoms with E-state index in [4.69, 9.17) is 39.7 Å². The molecule has 3 aromatic rings. The number of hydrogen-bond acceptors (Lipinski definition) is 7. The molecule has 0 atom stereocenters. The highest BCUT2D eigenvalue weighted by Crippen LogP contribution is 2.34. The van der Waals surface area contributed by atoms with Gasteiger partial charge >= 0.3 is 0 Å². The van der Waals surface area contributed by atoms with Crippen LogP contribution in [0.2, 0.25) is 10.0 Å². The van der Waals surface area contributed by atoms with Gasteiger partial charge in [0.15, 0.2) is 11.8 Å². The molecule has 0 saturated carbocycles. The van der Waals surface area contributed by atoms with E-state index in [-0.39, 0.29) is 59.9 Å². The lowest BCUT2D eigenvalue weighted by Crippen LogP contribution is -2.38. The van der Waals surface area contributed by atoms with E-state index in [0.717, 1.165) is 8.87 Å². The van der Waals surface area contributed by atoms with E-state index in [2.05, 4.69) is 0 Å². The first-order valence-corrected chi connectivity index (χ1v) is 12.7. The van der Waals surface area contributed by atoms with Gasteiger partial charge in [0.05, 0.1) is 11.6 Å². The molecule has 0 aliphatic rings. The van der Waals surface area contributed by atoms with Gasteiger partial charge in [-0.05, 0) is 48.2 Å². The van der Waals surface area contributed by atoms with Crippen molar-refractivity contribution in [3.8, 4) is 29.3 Å². The predicted molar refractivity (Wildman–Crippen MR) is 133 cm³/mol. The summed E-state index contributed by atoms with van der Waals surface area (Å²) in [7, 11) is -2.68. The van der Waals surface area contributed by atoms with Gasteiger partial charge in [0, 0.05) is 55.4 Å². The van der Waals surface area contributed by atoms with Gasteiger partial charge in [-0.1, -0.05) is 23.2 Å². The van der Waals surface area contributed by atoms with Crippen molar-refractivity contribution in [3.05, 3.63) is 64.1 Å². The number of halogens is 3. The van der Waals surface area contributed by atoms with Crippen molar-refractivity contribution in [2.45, 2.75) is 11.4 Å². The van der Waals surface area contributed by atoms with Crippen LogP contribution in [0, 0.1) is 11.3 Å². The third-order valence-corrected chi connectivity index (χ3v) is 7.44. The van der Waals surface area contributed by atoms with E-state index >= 15 is 0 Å². The molecule has 0 fully saturated rings. The second kappa shape index (κ2) is 11.4. The molecule has 0 spiro atoms. The zero-order valence-electron chi connectivity index (χ0n) is 18.4. The minimum absolute atomic E-state index is 0.0235. The molecule has 3 rings (SSSR count). The number of ether oxygens (including phenoxy) is 1. The summed E-state index contributed by atoms with van der Waals surface area (Å²) in [6.45, 7) is -0.0250. The third kappa shape index (κ3) is 6.73. The maximum atomic E-state index is 13.8. The SMILES string of the molecule is CN(Cl)CCN(CCn1c(O)ccc1O)S(=O)(=O)c1cc(C#N)ccc1Oc1cc(Cl)cc(Cl)c1. The first kappa shape index (κ1) is 26.9. The summed E-state index contributed by atoms with van der Waals surface area (Å²) >= 11 is 18.0. The Balaban J connectivity index is 2.02. The van der Waals surface area contributed by atoms with E-state index in [1.54, 1.807) is 7.05 Å². The smallest absolute Gasteiger partial charge is 0.246 e. The van der Waals surface area contributed by atoms with Gasteiger partial charge in [-0.3, -0.25) is 4.57 Å². The van der Waals surface area contributed by atoms with Crippen LogP contribution in [0.3, 0.4) is 0 Å². The first-order chi connectivity index (χ1) is 16.5. The second-order valence-electron chi connectivity index (χ2n) is 7.41. The highest BCUT2D eigenvalue weighted by atomic mass is 35.5. The van der Waals surface area contributed by atoms with Crippen LogP contribution in [-0.4, -0.2) is 58.6 Å². The number of nitrogens with zero attached hydrogens (tertiary/aromatic N) is 4. The van der Waals surface area contributed by atoms with Crippen LogP contribution in [0.15, 0.2) is 53.4 Å². The number of likely N-dealkylation sites (N-methyl/N-ethyl adjacent to an activating group) is 1. The van der Waals surface area contributed by atoms with Crippen molar-refractivity contribution in [1.29, 1.82) is 5.26 Å². The fraction of sp³-hybridized carbons (Fsp3) is 0.227. The Morgan fingerprint density at radius 3 is 2.20 bits per heavy atom. The van der Waals surface area contributed by atoms with Gasteiger partial charge in [-0.15, -0.1) is 0 Å². The van der Waals surface area contributed by atoms with E-state index in [0.29, 0.717) is 10.0 Å². The molecule has 0 aliphatic carbocycles. The van der Waals surface area contributed by atoms with E-state index < -0.39 is 10.0 Å². The lowest BCUT2D eigenvalue weighted by Gasteiger charge is -2.25. The lowest BCUT2D eigenvalue weighted by molar-refractivity contribution is 0.326. The Bertz CT molecular complexity index is 1320. The molecule has 186 valence electrons. The third-order valence-electron chi connectivity index (χ3n) is 4.92. The maximum Gasteiger partial charge on any atom is 0.246 e. The summed E-state index contributed by atoms with van der Waals surface area (Å²) in [5.41, 5.74) is 0.107. The number of sulfonamides is 1. The minimum atomic E-state index is -4.25. The molecule has 0 saturated heterocycles. The van der Waals surface area contributed by atoms with Gasteiger partial charge in [-0.25, -0.2) is 12.8 Å². The van der Waals surface area contributed by atoms with Crippen LogP contribution >= 0.6 is 35.0 Å². The molecule has 1 aromatic heterocycles. The predicted octanol–water partition coefficient (Wildman–Crippen LogP) is 4.65. The molecule has 9 nitrogen and oxygen atoms in total. The number of nitriles is 1. The fourth-order valence-corrected chi connectivity index (χ4v) is 5.35. The second-order valence-corrected chi connectivity index (χ2v) is 10.8. The summed E-state index contributed by atoms with van der Waals surface area (Å²) in [4.78, 5) is -0.258. The van der Waals surface area contributed by atoms with Gasteiger partial charge < -0.3 is 14.9 Å². The van der Waals surface area contributed by atoms with E-state index in [9.17, 15) is 23.9 Å². The van der Waals surface area contributed by atoms with Crippen molar-refractivity contribution in [3.63, 3.8) is 0 Å². The van der Waals surface area contributed by atoms with Gasteiger partial charge in [-0.2, -0.15) is 9.57 Å². The fourth-order valence-electron chi connectivity index (χ4n) is 3.21. The molecule has 0 amide bonds. The molecule has 2 aromatic carbocycles. The van der Waals surface area contributed by atoms with Crippen LogP contribution in [0.25, 0.3) is 0 Å². The monoisotopic (exact) mass is 558 g/mol. The Hall–Kier alpha value is -2.65. The van der Waals surface area contributed by atoms with Gasteiger partial charge in [0.25, 0.3) is 0 Å². The molecular formula is C22H21Cl3N4O5S. The van der Waals surface area contributed by atoms with Crippen LogP contribution in [0.4, 0.5) is 0 Å². The van der Waals surface area contributed by atoms with E-state index in [1.165, 1.54) is 52.9 Å². The average Bonchev–Trinajstić information content (AvgIpc) is 3.10. The van der Waals surface area contributed by atoms with Crippen molar-refractivity contribution in [1.82, 2.24) is 13.3 Å². The van der Waals surface area contributed by atoms with Crippen molar-refractivity contribution >= 4 is 45.0 Å². The molecule has 0 unspecified atom stereocenters. The summed E-state index contributed by atoms with van der Waals surface area (Å²) in [5.74, 6) is -0.276. The largest absolute Gasteiger partial charge is 0.494 e. The number of aromatic nitrogens is 1. The average molecular weight is 560 g/mol. The van der Waals surface area contributed by atoms with Gasteiger partial charge in [0.1, 0.15) is 16.4 Å². The Kier molecular flexibility index (Phi) is 8.77. The molecule has 35 heavy (non-hydrogen) atoms. The molecule has 2 N–H and O–H groups in total. The van der Waals surface area contributed by atoms with Crippen LogP contribution in [0.5, 0.6) is 23.3 Å². The highest BCUT2D eigenvalue weighted by molar-refractivity contribution is 7.89. The first-order valence-electron chi connectivity index (χ1n) is 10.1. The maximum absolute atomic E-state index is 13.8. The number of aromatic hydroxyl groups is 2. The minimum Gasteiger partial charge on any atom is -0.494 e. The standard InChI is InChI=1S/C22H21Cl3N4O5S/c1-27(25)6-7-28(8-9-29-21(30)4-5-22(29)31)35(32,33)20-10-15(14-26)2-3-19(20)34-18-12-16(23)11-17(24)13-18/h2-5,10-13,30-31H,6-9H2,1H3. The lowest BCUT2D eigenvalue weighted by atomic mass is 10.2. The van der Waals surface area contributed by atoms with Crippen LogP contribution < -0.4 is 4.74 Å². The summed E-state index contributed by atoms with van der Waals surface area (Å²) in [6.07, 6.45) is 0. The molecule has 0 bridgehead atoms. The Morgan fingerprint density at radius 1 is 1.00 bits per heavy atom. The van der Waals surface area contributed by atoms with Crippen molar-refractivity contribution in [2.75, 3.05) is 26.7 Å². The topological polar surface area (TPSA) is 119 Å². The zero-order valence-corrected chi connectivity index (χ0v) is 21.5. The molecule has 13 heteroatoms. The summed E-state index contributed by atoms with van der Waals surface area (Å²) in [5, 5.41) is 29.8. The number of benzene rings is 2. The molecule has 0 radical (unpaired) electrons. The quantitative estimate of drug-likeness (QED) is 0.347. The summed E-state index contributed by atoms with van der Waals surface area (Å²) < 4.78 is 36.9. The zero-order chi connectivity index (χ0) is 25.8. The van der Waals surface area contributed by atoms with Crippen LogP contribution in [0.1, 0.15) is 5.56 Å². The molecular weight excluding hydrogens is 539 g/mol. The number of hydrogen-bond donors (Lipinski definition) is 2. The van der Waals surface area contributed by atoms with Crippen molar-refractivity contribution in [2.24, 2.45) is 0 Å². The highest BCUT2D eigenvalue weighted by Gasteiger charge is 2.29.